The first-order valence-corrected chi connectivity index (χ1v) is 7.70. The number of fused-ring (bicyclic) bond motifs is 1. The fourth-order valence-corrected chi connectivity index (χ4v) is 3.63. The fourth-order valence-electron chi connectivity index (χ4n) is 2.16. The summed E-state index contributed by atoms with van der Waals surface area (Å²) in [5, 5.41) is 3.21. The number of halogens is 2. The van der Waals surface area contributed by atoms with Crippen LogP contribution in [-0.4, -0.2) is 38.4 Å². The Morgan fingerprint density at radius 2 is 2.33 bits per heavy atom. The molecule has 2 heterocycles. The van der Waals surface area contributed by atoms with Crippen molar-refractivity contribution in [2.24, 2.45) is 0 Å². The van der Waals surface area contributed by atoms with Crippen molar-refractivity contribution in [2.75, 3.05) is 26.4 Å². The Balaban J connectivity index is 1.75. The second-order valence-corrected chi connectivity index (χ2v) is 6.07. The molecule has 1 fully saturated rings. The van der Waals surface area contributed by atoms with Crippen LogP contribution in [0.25, 0.3) is 10.1 Å². The second kappa shape index (κ2) is 6.27. The van der Waals surface area contributed by atoms with Gasteiger partial charge in [0, 0.05) is 16.6 Å². The zero-order valence-electron chi connectivity index (χ0n) is 11.0. The summed E-state index contributed by atoms with van der Waals surface area (Å²) < 4.78 is 25.1. The molecule has 0 radical (unpaired) electrons. The maximum Gasteiger partial charge on any atom is 0.263 e. The first-order valence-electron chi connectivity index (χ1n) is 6.51. The summed E-state index contributed by atoms with van der Waals surface area (Å²) in [5.41, 5.74) is 0. The van der Waals surface area contributed by atoms with E-state index >= 15 is 0 Å². The molecule has 4 nitrogen and oxygen atoms in total. The number of thiophene rings is 1. The Hall–Kier alpha value is -1.21. The van der Waals surface area contributed by atoms with Crippen LogP contribution >= 0.6 is 22.9 Å². The molecule has 112 valence electrons. The lowest BCUT2D eigenvalue weighted by Gasteiger charge is -2.22. The van der Waals surface area contributed by atoms with Crippen molar-refractivity contribution in [1.29, 1.82) is 0 Å². The monoisotopic (exact) mass is 329 g/mol. The van der Waals surface area contributed by atoms with Crippen LogP contribution in [0.2, 0.25) is 5.02 Å². The van der Waals surface area contributed by atoms with E-state index in [0.717, 1.165) is 0 Å². The van der Waals surface area contributed by atoms with E-state index in [9.17, 15) is 9.18 Å². The minimum atomic E-state index is -0.420. The summed E-state index contributed by atoms with van der Waals surface area (Å²) >= 11 is 7.31. The summed E-state index contributed by atoms with van der Waals surface area (Å²) in [7, 11) is 0. The molecule has 0 spiro atoms. The summed E-state index contributed by atoms with van der Waals surface area (Å²) in [4.78, 5) is 12.5. The minimum Gasteiger partial charge on any atom is -0.376 e. The number of carbonyl (C=O) groups is 1. The normalized spacial score (nSPS) is 18.9. The molecule has 7 heteroatoms. The van der Waals surface area contributed by atoms with E-state index in [1.165, 1.54) is 17.4 Å². The van der Waals surface area contributed by atoms with Gasteiger partial charge in [-0.25, -0.2) is 4.39 Å². The quantitative estimate of drug-likeness (QED) is 0.942. The van der Waals surface area contributed by atoms with Crippen molar-refractivity contribution >= 4 is 38.9 Å². The van der Waals surface area contributed by atoms with Crippen LogP contribution < -0.4 is 5.32 Å². The Morgan fingerprint density at radius 1 is 1.48 bits per heavy atom. The van der Waals surface area contributed by atoms with Gasteiger partial charge in [0.25, 0.3) is 5.91 Å². The minimum absolute atomic E-state index is 0.159. The van der Waals surface area contributed by atoms with Crippen molar-refractivity contribution in [1.82, 2.24) is 5.32 Å². The topological polar surface area (TPSA) is 47.6 Å². The van der Waals surface area contributed by atoms with Gasteiger partial charge in [-0.15, -0.1) is 11.3 Å². The SMILES string of the molecule is O=C(NC[C@@H]1COCCO1)c1sc2cccc(F)c2c1Cl. The van der Waals surface area contributed by atoms with Crippen LogP contribution in [0.3, 0.4) is 0 Å². The van der Waals surface area contributed by atoms with Gasteiger partial charge in [-0.2, -0.15) is 0 Å². The van der Waals surface area contributed by atoms with E-state index in [0.29, 0.717) is 41.3 Å². The third kappa shape index (κ3) is 3.03. The van der Waals surface area contributed by atoms with Gasteiger partial charge in [0.15, 0.2) is 0 Å². The van der Waals surface area contributed by atoms with Crippen LogP contribution in [0.15, 0.2) is 18.2 Å². The van der Waals surface area contributed by atoms with Crippen molar-refractivity contribution < 1.29 is 18.7 Å². The number of benzene rings is 1. The Kier molecular flexibility index (Phi) is 4.40. The van der Waals surface area contributed by atoms with Crippen molar-refractivity contribution in [3.63, 3.8) is 0 Å². The largest absolute Gasteiger partial charge is 0.376 e. The molecular formula is C14H13ClFNO3S. The third-order valence-electron chi connectivity index (χ3n) is 3.19. The van der Waals surface area contributed by atoms with Gasteiger partial charge in [0.1, 0.15) is 10.7 Å². The predicted molar refractivity (Wildman–Crippen MR) is 79.7 cm³/mol. The zero-order valence-corrected chi connectivity index (χ0v) is 12.6. The first kappa shape index (κ1) is 14.7. The molecule has 2 aromatic rings. The molecule has 3 rings (SSSR count). The number of nitrogens with one attached hydrogen (secondary N) is 1. The van der Waals surface area contributed by atoms with Gasteiger partial charge >= 0.3 is 0 Å². The molecule has 21 heavy (non-hydrogen) atoms. The summed E-state index contributed by atoms with van der Waals surface area (Å²) in [6.07, 6.45) is -0.160. The fraction of sp³-hybridized carbons (Fsp3) is 0.357. The van der Waals surface area contributed by atoms with E-state index in [4.69, 9.17) is 21.1 Å². The zero-order chi connectivity index (χ0) is 14.8. The van der Waals surface area contributed by atoms with E-state index < -0.39 is 5.82 Å². The van der Waals surface area contributed by atoms with Gasteiger partial charge in [-0.3, -0.25) is 4.79 Å². The van der Waals surface area contributed by atoms with Crippen molar-refractivity contribution in [3.05, 3.63) is 33.9 Å². The van der Waals surface area contributed by atoms with Gasteiger partial charge in [-0.1, -0.05) is 17.7 Å². The third-order valence-corrected chi connectivity index (χ3v) is 4.83. The highest BCUT2D eigenvalue weighted by atomic mass is 35.5. The highest BCUT2D eigenvalue weighted by Gasteiger charge is 2.21. The van der Waals surface area contributed by atoms with Gasteiger partial charge in [-0.05, 0) is 12.1 Å². The number of amides is 1. The maximum absolute atomic E-state index is 13.8. The predicted octanol–water partition coefficient (Wildman–Crippen LogP) is 2.84. The molecule has 1 aromatic carbocycles. The van der Waals surface area contributed by atoms with Crippen molar-refractivity contribution in [3.8, 4) is 0 Å². The van der Waals surface area contributed by atoms with E-state index in [-0.39, 0.29) is 17.0 Å². The number of ether oxygens (including phenoxy) is 2. The number of hydrogen-bond acceptors (Lipinski definition) is 4. The molecule has 1 amide bonds. The van der Waals surface area contributed by atoms with Crippen LogP contribution in [0.4, 0.5) is 4.39 Å². The molecular weight excluding hydrogens is 317 g/mol. The lowest BCUT2D eigenvalue weighted by Crippen LogP contribution is -2.39. The van der Waals surface area contributed by atoms with Crippen LogP contribution in [0, 0.1) is 5.82 Å². The average Bonchev–Trinajstić information content (AvgIpc) is 2.84. The average molecular weight is 330 g/mol. The summed E-state index contributed by atoms with van der Waals surface area (Å²) in [6.45, 7) is 1.89. The molecule has 1 saturated heterocycles. The van der Waals surface area contributed by atoms with Crippen LogP contribution in [0.5, 0.6) is 0 Å². The lowest BCUT2D eigenvalue weighted by atomic mass is 10.2. The molecule has 1 N–H and O–H groups in total. The molecule has 1 aliphatic heterocycles. The number of rotatable bonds is 3. The smallest absolute Gasteiger partial charge is 0.263 e. The summed E-state index contributed by atoms with van der Waals surface area (Å²) in [5.74, 6) is -0.744. The highest BCUT2D eigenvalue weighted by molar-refractivity contribution is 7.21. The number of hydrogen-bond donors (Lipinski definition) is 1. The van der Waals surface area contributed by atoms with E-state index in [1.807, 2.05) is 0 Å². The van der Waals surface area contributed by atoms with Crippen LogP contribution in [0.1, 0.15) is 9.67 Å². The van der Waals surface area contributed by atoms with Gasteiger partial charge in [0.05, 0.1) is 30.9 Å². The number of carbonyl (C=O) groups excluding carboxylic acids is 1. The molecule has 1 aromatic heterocycles. The van der Waals surface area contributed by atoms with E-state index in [2.05, 4.69) is 5.32 Å². The van der Waals surface area contributed by atoms with Crippen LogP contribution in [-0.2, 0) is 9.47 Å². The van der Waals surface area contributed by atoms with Gasteiger partial charge < -0.3 is 14.8 Å². The van der Waals surface area contributed by atoms with Gasteiger partial charge in [0.2, 0.25) is 0 Å². The molecule has 0 aliphatic carbocycles. The summed E-state index contributed by atoms with van der Waals surface area (Å²) in [6, 6.07) is 4.67. The first-order chi connectivity index (χ1) is 10.2. The lowest BCUT2D eigenvalue weighted by molar-refractivity contribution is -0.0855. The van der Waals surface area contributed by atoms with Crippen molar-refractivity contribution in [2.45, 2.75) is 6.10 Å². The highest BCUT2D eigenvalue weighted by Crippen LogP contribution is 2.36. The Bertz CT molecular complexity index is 670. The maximum atomic E-state index is 13.8. The van der Waals surface area contributed by atoms with E-state index in [1.54, 1.807) is 12.1 Å². The Labute approximate surface area is 129 Å². The second-order valence-electron chi connectivity index (χ2n) is 4.64. The molecule has 0 bridgehead atoms. The molecule has 1 atom stereocenters. The standard InChI is InChI=1S/C14H13ClFNO3S/c15-12-11-9(16)2-1-3-10(11)21-13(12)14(18)17-6-8-7-19-4-5-20-8/h1-3,8H,4-7H2,(H,17,18)/t8-/m1/s1. The molecule has 0 unspecified atom stereocenters. The Morgan fingerprint density at radius 3 is 3.05 bits per heavy atom. The molecule has 1 aliphatic rings. The molecule has 0 saturated carbocycles.